The van der Waals surface area contributed by atoms with E-state index in [1.54, 1.807) is 18.1 Å². The minimum Gasteiger partial charge on any atom is -0.465 e. The van der Waals surface area contributed by atoms with Crippen molar-refractivity contribution >= 4 is 5.97 Å². The summed E-state index contributed by atoms with van der Waals surface area (Å²) in [6.45, 7) is 24.6. The quantitative estimate of drug-likeness (QED) is 0.265. The molecule has 0 saturated heterocycles. The van der Waals surface area contributed by atoms with E-state index in [1.807, 2.05) is 0 Å². The van der Waals surface area contributed by atoms with Crippen molar-refractivity contribution in [2.45, 2.75) is 146 Å². The fraction of sp³-hybridized carbons (Fsp3) is 0.914. The van der Waals surface area contributed by atoms with Crippen LogP contribution in [-0.4, -0.2) is 24.8 Å². The molecule has 0 aromatic rings. The largest absolute Gasteiger partial charge is 0.465 e. The molecule has 4 saturated carbocycles. The molecule has 0 bridgehead atoms. The predicted molar refractivity (Wildman–Crippen MR) is 156 cm³/mol. The topological polar surface area (TPSA) is 35.5 Å². The Balaban J connectivity index is 1.51. The van der Waals surface area contributed by atoms with Crippen LogP contribution in [0.3, 0.4) is 0 Å². The first-order valence-corrected chi connectivity index (χ1v) is 16.1. The van der Waals surface area contributed by atoms with E-state index in [0.29, 0.717) is 46.9 Å². The highest BCUT2D eigenvalue weighted by molar-refractivity contribution is 5.66. The maximum absolute atomic E-state index is 11.9. The Hall–Kier alpha value is -0.830. The van der Waals surface area contributed by atoms with E-state index in [4.69, 9.17) is 9.47 Å². The molecule has 0 aromatic heterocycles. The molecular weight excluding hydrogens is 468 g/mol. The zero-order valence-electron chi connectivity index (χ0n) is 26.5. The van der Waals surface area contributed by atoms with Crippen LogP contribution in [0.5, 0.6) is 0 Å². The van der Waals surface area contributed by atoms with Crippen molar-refractivity contribution in [3.63, 3.8) is 0 Å². The normalized spacial score (nSPS) is 45.9. The molecule has 216 valence electrons. The van der Waals surface area contributed by atoms with Crippen LogP contribution < -0.4 is 0 Å². The van der Waals surface area contributed by atoms with Gasteiger partial charge in [0.2, 0.25) is 0 Å². The van der Waals surface area contributed by atoms with Gasteiger partial charge in [-0.25, -0.2) is 0 Å². The fourth-order valence-corrected chi connectivity index (χ4v) is 11.8. The molecule has 0 heterocycles. The van der Waals surface area contributed by atoms with Gasteiger partial charge in [-0.15, -0.1) is 0 Å². The first-order chi connectivity index (χ1) is 17.6. The zero-order valence-corrected chi connectivity index (χ0v) is 26.5. The van der Waals surface area contributed by atoms with Crippen LogP contribution in [0.25, 0.3) is 0 Å². The van der Waals surface area contributed by atoms with Gasteiger partial charge in [-0.05, 0) is 123 Å². The third kappa shape index (κ3) is 3.93. The highest BCUT2D eigenvalue weighted by atomic mass is 16.5. The summed E-state index contributed by atoms with van der Waals surface area (Å²) >= 11 is 0. The molecule has 4 fully saturated rings. The van der Waals surface area contributed by atoms with Gasteiger partial charge < -0.3 is 9.47 Å². The lowest BCUT2D eigenvalue weighted by Crippen LogP contribution is -2.66. The van der Waals surface area contributed by atoms with Crippen molar-refractivity contribution in [2.75, 3.05) is 6.61 Å². The average Bonchev–Trinajstić information content (AvgIpc) is 3.20. The van der Waals surface area contributed by atoms with Crippen LogP contribution in [0.2, 0.25) is 0 Å². The molecule has 0 radical (unpaired) electrons. The Bertz CT molecular complexity index is 976. The molecule has 4 unspecified atom stereocenters. The molecule has 0 aromatic carbocycles. The minimum absolute atomic E-state index is 0.0913. The number of carbonyl (C=O) groups is 1. The molecule has 5 aliphatic carbocycles. The van der Waals surface area contributed by atoms with E-state index in [9.17, 15) is 4.79 Å². The standard InChI is InChI=1S/C35H58O3/c1-22(2)25-13-18-35(21-37-24(5)36)20-19-33(9)26(30(25)35)11-12-28-32(8)16-15-29(38-23(3)4)31(6,7)27(32)14-17-34(28,33)10/h22-23,26-29H,11-21H2,1-10H3/t26?,27?,28?,29-,32?,33+,34+,35+/m0/s1. The summed E-state index contributed by atoms with van der Waals surface area (Å²) in [6.07, 6.45) is 13.4. The smallest absolute Gasteiger partial charge is 0.302 e. The second-order valence-electron chi connectivity index (χ2n) is 16.3. The van der Waals surface area contributed by atoms with Crippen molar-refractivity contribution in [2.24, 2.45) is 50.7 Å². The lowest BCUT2D eigenvalue weighted by Gasteiger charge is -2.72. The van der Waals surface area contributed by atoms with Gasteiger partial charge in [0.1, 0.15) is 6.61 Å². The molecule has 8 atom stereocenters. The lowest BCUT2D eigenvalue weighted by molar-refractivity contribution is -0.238. The zero-order chi connectivity index (χ0) is 27.9. The number of hydrogen-bond acceptors (Lipinski definition) is 3. The summed E-state index contributed by atoms with van der Waals surface area (Å²) < 4.78 is 12.4. The van der Waals surface area contributed by atoms with Crippen LogP contribution in [0, 0.1) is 50.7 Å². The minimum atomic E-state index is -0.119. The van der Waals surface area contributed by atoms with Crippen molar-refractivity contribution < 1.29 is 14.3 Å². The van der Waals surface area contributed by atoms with Crippen molar-refractivity contribution in [3.05, 3.63) is 11.1 Å². The Morgan fingerprint density at radius 1 is 0.842 bits per heavy atom. The molecule has 0 amide bonds. The van der Waals surface area contributed by atoms with Crippen LogP contribution >= 0.6 is 0 Å². The van der Waals surface area contributed by atoms with E-state index in [1.165, 1.54) is 64.2 Å². The third-order valence-corrected chi connectivity index (χ3v) is 13.8. The highest BCUT2D eigenvalue weighted by Crippen LogP contribution is 2.76. The molecule has 0 spiro atoms. The lowest BCUT2D eigenvalue weighted by atomic mass is 9.33. The summed E-state index contributed by atoms with van der Waals surface area (Å²) in [5.74, 6) is 2.62. The van der Waals surface area contributed by atoms with Crippen LogP contribution in [-0.2, 0) is 14.3 Å². The maximum Gasteiger partial charge on any atom is 0.302 e. The number of hydrogen-bond donors (Lipinski definition) is 0. The van der Waals surface area contributed by atoms with E-state index in [2.05, 4.69) is 62.3 Å². The van der Waals surface area contributed by atoms with Crippen LogP contribution in [0.1, 0.15) is 133 Å². The maximum atomic E-state index is 11.9. The number of ether oxygens (including phenoxy) is 2. The monoisotopic (exact) mass is 526 g/mol. The molecular formula is C35H58O3. The molecule has 0 aliphatic heterocycles. The summed E-state index contributed by atoms with van der Waals surface area (Å²) in [5.41, 5.74) is 4.84. The van der Waals surface area contributed by atoms with Gasteiger partial charge >= 0.3 is 5.97 Å². The second-order valence-corrected chi connectivity index (χ2v) is 16.3. The number of esters is 1. The summed E-state index contributed by atoms with van der Waals surface area (Å²) in [5, 5.41) is 0. The van der Waals surface area contributed by atoms with Crippen molar-refractivity contribution in [1.82, 2.24) is 0 Å². The number of fused-ring (bicyclic) bond motifs is 7. The molecule has 38 heavy (non-hydrogen) atoms. The average molecular weight is 527 g/mol. The first-order valence-electron chi connectivity index (χ1n) is 16.1. The molecule has 0 N–H and O–H groups in total. The molecule has 3 heteroatoms. The van der Waals surface area contributed by atoms with E-state index >= 15 is 0 Å². The fourth-order valence-electron chi connectivity index (χ4n) is 11.8. The predicted octanol–water partition coefficient (Wildman–Crippen LogP) is 9.14. The van der Waals surface area contributed by atoms with Gasteiger partial charge in [0, 0.05) is 12.3 Å². The summed E-state index contributed by atoms with van der Waals surface area (Å²) in [6, 6.07) is 0. The van der Waals surface area contributed by atoms with Crippen LogP contribution in [0.15, 0.2) is 11.1 Å². The Morgan fingerprint density at radius 3 is 2.18 bits per heavy atom. The number of carbonyl (C=O) groups excluding carboxylic acids is 1. The van der Waals surface area contributed by atoms with Gasteiger partial charge in [0.15, 0.2) is 0 Å². The van der Waals surface area contributed by atoms with Crippen molar-refractivity contribution in [3.8, 4) is 0 Å². The van der Waals surface area contributed by atoms with E-state index in [0.717, 1.165) is 11.8 Å². The van der Waals surface area contributed by atoms with Crippen LogP contribution in [0.4, 0.5) is 0 Å². The number of allylic oxidation sites excluding steroid dienone is 1. The van der Waals surface area contributed by atoms with Gasteiger partial charge in [0.05, 0.1) is 12.2 Å². The Labute approximate surface area is 234 Å². The summed E-state index contributed by atoms with van der Waals surface area (Å²) in [7, 11) is 0. The van der Waals surface area contributed by atoms with Gasteiger partial charge in [-0.1, -0.05) is 59.6 Å². The first kappa shape index (κ1) is 28.7. The second kappa shape index (κ2) is 9.35. The Kier molecular flexibility index (Phi) is 7.06. The Morgan fingerprint density at radius 2 is 1.55 bits per heavy atom. The van der Waals surface area contributed by atoms with Gasteiger partial charge in [-0.3, -0.25) is 4.79 Å². The van der Waals surface area contributed by atoms with Crippen molar-refractivity contribution in [1.29, 1.82) is 0 Å². The molecule has 5 aliphatic rings. The molecule has 3 nitrogen and oxygen atoms in total. The number of rotatable bonds is 5. The molecule has 5 rings (SSSR count). The van der Waals surface area contributed by atoms with Gasteiger partial charge in [-0.2, -0.15) is 0 Å². The highest BCUT2D eigenvalue weighted by Gasteiger charge is 2.69. The van der Waals surface area contributed by atoms with E-state index < -0.39 is 0 Å². The summed E-state index contributed by atoms with van der Waals surface area (Å²) in [4.78, 5) is 11.9. The van der Waals surface area contributed by atoms with E-state index in [-0.39, 0.29) is 16.8 Å². The van der Waals surface area contributed by atoms with Gasteiger partial charge in [0.25, 0.3) is 0 Å². The third-order valence-electron chi connectivity index (χ3n) is 13.8. The SMILES string of the molecule is CC(=O)OC[C@]12CCC(C(C)C)=C1C1CCC3C4(C)CC[C@H](OC(C)C)C(C)(C)C4CC[C@@]3(C)[C@]1(C)CC2.